The summed E-state index contributed by atoms with van der Waals surface area (Å²) in [6.45, 7) is 0.242. The Bertz CT molecular complexity index is 950. The number of benzene rings is 2. The van der Waals surface area contributed by atoms with Gasteiger partial charge in [0.15, 0.2) is 0 Å². The molecule has 0 radical (unpaired) electrons. The number of aromatic nitrogens is 1. The number of pyridine rings is 1. The van der Waals surface area contributed by atoms with Gasteiger partial charge in [0.1, 0.15) is 12.3 Å². The lowest BCUT2D eigenvalue weighted by Gasteiger charge is -2.06. The number of carbonyl (C=O) groups is 2. The molecule has 1 amide bonds. The van der Waals surface area contributed by atoms with Crippen molar-refractivity contribution >= 4 is 28.5 Å². The highest BCUT2D eigenvalue weighted by Gasteiger charge is 2.21. The van der Waals surface area contributed by atoms with Crippen molar-refractivity contribution in [2.45, 2.75) is 6.61 Å². The number of nitrogens with one attached hydrogen (secondary N) is 1. The number of hydrogen-bond acceptors (Lipinski definition) is 4. The Hall–Kier alpha value is -3.21. The summed E-state index contributed by atoms with van der Waals surface area (Å²) in [6.07, 6.45) is 0. The summed E-state index contributed by atoms with van der Waals surface area (Å²) in [4.78, 5) is 28.1. The molecule has 0 saturated carbocycles. The maximum atomic E-state index is 12.4. The second-order valence-electron chi connectivity index (χ2n) is 5.29. The quantitative estimate of drug-likeness (QED) is 0.738. The number of carbonyl (C=O) groups excluding carboxylic acids is 2. The highest BCUT2D eigenvalue weighted by molar-refractivity contribution is 6.04. The van der Waals surface area contributed by atoms with Crippen LogP contribution >= 0.6 is 0 Å². The number of hydrogen-bond donors (Lipinski definition) is 1. The lowest BCUT2D eigenvalue weighted by molar-refractivity contribution is 0.0535. The second-order valence-corrected chi connectivity index (χ2v) is 5.29. The van der Waals surface area contributed by atoms with Crippen molar-refractivity contribution in [1.29, 1.82) is 0 Å². The Kier molecular flexibility index (Phi) is 3.05. The van der Waals surface area contributed by atoms with E-state index in [9.17, 15) is 9.59 Å². The zero-order valence-electron chi connectivity index (χ0n) is 12.1. The Morgan fingerprint density at radius 1 is 1.09 bits per heavy atom. The first kappa shape index (κ1) is 13.5. The molecule has 2 heterocycles. The molecule has 0 aliphatic carbocycles. The van der Waals surface area contributed by atoms with Crippen LogP contribution in [0.2, 0.25) is 0 Å². The van der Waals surface area contributed by atoms with E-state index in [1.54, 1.807) is 24.3 Å². The molecule has 5 nitrogen and oxygen atoms in total. The smallest absolute Gasteiger partial charge is 0.338 e. The first-order valence-electron chi connectivity index (χ1n) is 7.18. The van der Waals surface area contributed by atoms with Crippen LogP contribution in [0, 0.1) is 0 Å². The van der Waals surface area contributed by atoms with E-state index in [-0.39, 0.29) is 18.5 Å². The largest absolute Gasteiger partial charge is 0.457 e. The lowest BCUT2D eigenvalue weighted by Crippen LogP contribution is -2.13. The van der Waals surface area contributed by atoms with E-state index in [2.05, 4.69) is 10.3 Å². The number of fused-ring (bicyclic) bond motifs is 2. The number of rotatable bonds is 2. The van der Waals surface area contributed by atoms with E-state index in [0.717, 1.165) is 16.5 Å². The minimum atomic E-state index is -0.325. The van der Waals surface area contributed by atoms with Crippen LogP contribution < -0.4 is 5.32 Å². The van der Waals surface area contributed by atoms with Gasteiger partial charge in [-0.25, -0.2) is 9.78 Å². The lowest BCUT2D eigenvalue weighted by atomic mass is 10.1. The first-order chi connectivity index (χ1) is 11.2. The third-order valence-corrected chi connectivity index (χ3v) is 3.77. The van der Waals surface area contributed by atoms with Gasteiger partial charge in [0.2, 0.25) is 0 Å². The average Bonchev–Trinajstić information content (AvgIpc) is 2.95. The molecule has 5 heteroatoms. The van der Waals surface area contributed by atoms with E-state index >= 15 is 0 Å². The maximum Gasteiger partial charge on any atom is 0.338 e. The molecule has 0 atom stereocenters. The number of amides is 1. The van der Waals surface area contributed by atoms with Crippen molar-refractivity contribution < 1.29 is 14.3 Å². The highest BCUT2D eigenvalue weighted by atomic mass is 16.5. The van der Waals surface area contributed by atoms with Crippen molar-refractivity contribution in [2.75, 3.05) is 5.32 Å². The molecule has 0 fully saturated rings. The van der Waals surface area contributed by atoms with Gasteiger partial charge in [-0.1, -0.05) is 24.3 Å². The first-order valence-corrected chi connectivity index (χ1v) is 7.18. The molecule has 0 spiro atoms. The molecule has 0 bridgehead atoms. The topological polar surface area (TPSA) is 68.3 Å². The average molecular weight is 304 g/mol. The van der Waals surface area contributed by atoms with Crippen LogP contribution in [0.15, 0.2) is 54.6 Å². The van der Waals surface area contributed by atoms with Crippen LogP contribution in [0.25, 0.3) is 10.9 Å². The van der Waals surface area contributed by atoms with Crippen LogP contribution in [0.5, 0.6) is 0 Å². The van der Waals surface area contributed by atoms with Crippen molar-refractivity contribution in [3.8, 4) is 0 Å². The molecular formula is C18H12N2O3. The zero-order chi connectivity index (χ0) is 15.8. The normalized spacial score (nSPS) is 12.8. The van der Waals surface area contributed by atoms with Crippen molar-refractivity contribution in [3.63, 3.8) is 0 Å². The summed E-state index contributed by atoms with van der Waals surface area (Å²) < 4.78 is 4.95. The summed E-state index contributed by atoms with van der Waals surface area (Å²) in [5.41, 5.74) is 3.05. The Balaban J connectivity index is 1.60. The van der Waals surface area contributed by atoms with Gasteiger partial charge < -0.3 is 10.1 Å². The Morgan fingerprint density at radius 2 is 1.96 bits per heavy atom. The summed E-state index contributed by atoms with van der Waals surface area (Å²) in [6, 6.07) is 16.3. The van der Waals surface area contributed by atoms with Gasteiger partial charge in [0.25, 0.3) is 5.91 Å². The third kappa shape index (κ3) is 2.42. The molecule has 3 aromatic rings. The fourth-order valence-corrected chi connectivity index (χ4v) is 2.60. The van der Waals surface area contributed by atoms with Gasteiger partial charge in [0, 0.05) is 16.6 Å². The predicted molar refractivity (Wildman–Crippen MR) is 85.3 cm³/mol. The fourth-order valence-electron chi connectivity index (χ4n) is 2.60. The third-order valence-electron chi connectivity index (χ3n) is 3.77. The molecule has 1 N–H and O–H groups in total. The zero-order valence-corrected chi connectivity index (χ0v) is 12.1. The standard InChI is InChI=1S/C18H12N2O3/c21-17(16-8-5-11-3-1-2-4-15(11)20-16)19-13-6-7-14-12(9-13)10-23-18(14)22/h1-9H,10H2,(H,19,21). The second kappa shape index (κ2) is 5.21. The Labute approximate surface area is 131 Å². The summed E-state index contributed by atoms with van der Waals surface area (Å²) in [5.74, 6) is -0.616. The minimum absolute atomic E-state index is 0.242. The van der Waals surface area contributed by atoms with Crippen LogP contribution in [-0.2, 0) is 11.3 Å². The van der Waals surface area contributed by atoms with Gasteiger partial charge in [0.05, 0.1) is 11.1 Å². The molecule has 0 unspecified atom stereocenters. The molecule has 1 aromatic heterocycles. The number of nitrogens with zero attached hydrogens (tertiary/aromatic N) is 1. The van der Waals surface area contributed by atoms with Gasteiger partial charge in [-0.2, -0.15) is 0 Å². The number of cyclic esters (lactones) is 1. The van der Waals surface area contributed by atoms with Crippen LogP contribution in [0.3, 0.4) is 0 Å². The Morgan fingerprint density at radius 3 is 2.87 bits per heavy atom. The minimum Gasteiger partial charge on any atom is -0.457 e. The van der Waals surface area contributed by atoms with Crippen LogP contribution in [0.1, 0.15) is 26.4 Å². The van der Waals surface area contributed by atoms with Gasteiger partial charge >= 0.3 is 5.97 Å². The molecule has 112 valence electrons. The van der Waals surface area contributed by atoms with Crippen molar-refractivity contribution in [1.82, 2.24) is 4.98 Å². The van der Waals surface area contributed by atoms with Gasteiger partial charge in [-0.3, -0.25) is 4.79 Å². The molecule has 4 rings (SSSR count). The van der Waals surface area contributed by atoms with E-state index in [4.69, 9.17) is 4.74 Å². The van der Waals surface area contributed by atoms with Crippen LogP contribution in [-0.4, -0.2) is 16.9 Å². The van der Waals surface area contributed by atoms with Crippen molar-refractivity contribution in [3.05, 3.63) is 71.4 Å². The fraction of sp³-hybridized carbons (Fsp3) is 0.0556. The summed E-state index contributed by atoms with van der Waals surface area (Å²) >= 11 is 0. The van der Waals surface area contributed by atoms with E-state index in [1.807, 2.05) is 30.3 Å². The van der Waals surface area contributed by atoms with Gasteiger partial charge in [-0.05, 0) is 30.3 Å². The van der Waals surface area contributed by atoms with E-state index in [0.29, 0.717) is 16.9 Å². The number of anilines is 1. The number of para-hydroxylation sites is 1. The number of esters is 1. The molecule has 1 aliphatic heterocycles. The SMILES string of the molecule is O=C(Nc1ccc2c(c1)COC2=O)c1ccc2ccccc2n1. The summed E-state index contributed by atoms with van der Waals surface area (Å²) in [5, 5.41) is 3.78. The summed E-state index contributed by atoms with van der Waals surface area (Å²) in [7, 11) is 0. The van der Waals surface area contributed by atoms with Gasteiger partial charge in [-0.15, -0.1) is 0 Å². The van der Waals surface area contributed by atoms with E-state index < -0.39 is 0 Å². The number of ether oxygens (including phenoxy) is 1. The highest BCUT2D eigenvalue weighted by Crippen LogP contribution is 2.23. The predicted octanol–water partition coefficient (Wildman–Crippen LogP) is 3.16. The molecule has 0 saturated heterocycles. The molecular weight excluding hydrogens is 292 g/mol. The van der Waals surface area contributed by atoms with Crippen molar-refractivity contribution in [2.24, 2.45) is 0 Å². The molecule has 2 aromatic carbocycles. The molecule has 23 heavy (non-hydrogen) atoms. The molecule has 1 aliphatic rings. The monoisotopic (exact) mass is 304 g/mol. The van der Waals surface area contributed by atoms with Crippen LogP contribution in [0.4, 0.5) is 5.69 Å². The van der Waals surface area contributed by atoms with E-state index in [1.165, 1.54) is 0 Å². The maximum absolute atomic E-state index is 12.4.